The molecule has 1 N–H and O–H groups in total. The van der Waals surface area contributed by atoms with E-state index in [1.807, 2.05) is 39.0 Å². The van der Waals surface area contributed by atoms with E-state index in [-0.39, 0.29) is 12.1 Å². The SMILES string of the molecule is C=C(C)CN(CC)C(=O)Nc1ccc(OC2CCOCC2)c(C)c1. The van der Waals surface area contributed by atoms with Gasteiger partial charge >= 0.3 is 6.03 Å². The molecule has 1 fully saturated rings. The van der Waals surface area contributed by atoms with Crippen LogP contribution < -0.4 is 10.1 Å². The lowest BCUT2D eigenvalue weighted by molar-refractivity contribution is 0.0253. The summed E-state index contributed by atoms with van der Waals surface area (Å²) in [6, 6.07) is 5.64. The van der Waals surface area contributed by atoms with Gasteiger partial charge in [-0.25, -0.2) is 4.79 Å². The summed E-state index contributed by atoms with van der Waals surface area (Å²) in [5.74, 6) is 0.870. The number of hydrogen-bond donors (Lipinski definition) is 1. The Bertz CT molecular complexity index is 580. The highest BCUT2D eigenvalue weighted by Crippen LogP contribution is 2.25. The normalized spacial score (nSPS) is 15.0. The Morgan fingerprint density at radius 3 is 2.71 bits per heavy atom. The van der Waals surface area contributed by atoms with Gasteiger partial charge in [-0.15, -0.1) is 0 Å². The van der Waals surface area contributed by atoms with Crippen molar-refractivity contribution < 1.29 is 14.3 Å². The molecule has 0 aliphatic carbocycles. The fourth-order valence-corrected chi connectivity index (χ4v) is 2.69. The first kappa shape index (κ1) is 18.3. The maximum atomic E-state index is 12.3. The molecule has 0 unspecified atom stereocenters. The van der Waals surface area contributed by atoms with Crippen molar-refractivity contribution in [3.05, 3.63) is 35.9 Å². The van der Waals surface area contributed by atoms with Crippen LogP contribution in [0.15, 0.2) is 30.4 Å². The molecule has 5 nitrogen and oxygen atoms in total. The van der Waals surface area contributed by atoms with Crippen molar-refractivity contribution in [2.45, 2.75) is 39.7 Å². The molecule has 0 radical (unpaired) electrons. The monoisotopic (exact) mass is 332 g/mol. The van der Waals surface area contributed by atoms with Crippen molar-refractivity contribution in [3.63, 3.8) is 0 Å². The molecular weight excluding hydrogens is 304 g/mol. The van der Waals surface area contributed by atoms with E-state index in [0.717, 1.165) is 48.6 Å². The third kappa shape index (κ3) is 5.27. The predicted molar refractivity (Wildman–Crippen MR) is 96.7 cm³/mol. The second-order valence-corrected chi connectivity index (χ2v) is 6.31. The quantitative estimate of drug-likeness (QED) is 0.802. The van der Waals surface area contributed by atoms with Gasteiger partial charge in [0, 0.05) is 31.6 Å². The Morgan fingerprint density at radius 1 is 1.42 bits per heavy atom. The number of carbonyl (C=O) groups is 1. The summed E-state index contributed by atoms with van der Waals surface area (Å²) >= 11 is 0. The molecule has 5 heteroatoms. The zero-order valence-electron chi connectivity index (χ0n) is 14.9. The molecule has 24 heavy (non-hydrogen) atoms. The number of aryl methyl sites for hydroxylation is 1. The summed E-state index contributed by atoms with van der Waals surface area (Å²) in [5, 5.41) is 2.94. The number of hydrogen-bond acceptors (Lipinski definition) is 3. The number of urea groups is 1. The molecule has 132 valence electrons. The summed E-state index contributed by atoms with van der Waals surface area (Å²) in [4.78, 5) is 14.0. The number of ether oxygens (including phenoxy) is 2. The van der Waals surface area contributed by atoms with Crippen molar-refractivity contribution in [2.75, 3.05) is 31.6 Å². The Labute approximate surface area is 144 Å². The minimum absolute atomic E-state index is 0.113. The highest BCUT2D eigenvalue weighted by Gasteiger charge is 2.17. The summed E-state index contributed by atoms with van der Waals surface area (Å²) in [6.45, 7) is 12.5. The van der Waals surface area contributed by atoms with Crippen LogP contribution in [-0.2, 0) is 4.74 Å². The molecule has 1 aromatic carbocycles. The lowest BCUT2D eigenvalue weighted by Gasteiger charge is -2.24. The molecule has 2 rings (SSSR count). The third-order valence-electron chi connectivity index (χ3n) is 4.02. The van der Waals surface area contributed by atoms with E-state index in [9.17, 15) is 4.79 Å². The fourth-order valence-electron chi connectivity index (χ4n) is 2.69. The number of nitrogens with one attached hydrogen (secondary N) is 1. The number of benzene rings is 1. The van der Waals surface area contributed by atoms with Crippen LogP contribution in [0.25, 0.3) is 0 Å². The average Bonchev–Trinajstić information content (AvgIpc) is 2.56. The van der Waals surface area contributed by atoms with Gasteiger partial charge in [0.25, 0.3) is 0 Å². The van der Waals surface area contributed by atoms with Crippen LogP contribution in [0.1, 0.15) is 32.3 Å². The van der Waals surface area contributed by atoms with Crippen LogP contribution in [0.5, 0.6) is 5.75 Å². The van der Waals surface area contributed by atoms with E-state index in [1.54, 1.807) is 4.90 Å². The molecular formula is C19H28N2O3. The standard InChI is InChI=1S/C19H28N2O3/c1-5-21(13-14(2)3)19(22)20-16-6-7-18(15(4)12-16)24-17-8-10-23-11-9-17/h6-7,12,17H,2,5,8-11,13H2,1,3-4H3,(H,20,22). The molecule has 1 aromatic rings. The van der Waals surface area contributed by atoms with Gasteiger partial charge in [0.1, 0.15) is 11.9 Å². The summed E-state index contributed by atoms with van der Waals surface area (Å²) in [5.41, 5.74) is 2.75. The zero-order valence-corrected chi connectivity index (χ0v) is 14.9. The van der Waals surface area contributed by atoms with Gasteiger partial charge in [-0.3, -0.25) is 0 Å². The fraction of sp³-hybridized carbons (Fsp3) is 0.526. The first-order valence-corrected chi connectivity index (χ1v) is 8.55. The number of carbonyl (C=O) groups excluding carboxylic acids is 1. The van der Waals surface area contributed by atoms with Crippen LogP contribution in [0.3, 0.4) is 0 Å². The third-order valence-corrected chi connectivity index (χ3v) is 4.02. The molecule has 0 bridgehead atoms. The minimum Gasteiger partial charge on any atom is -0.490 e. The van der Waals surface area contributed by atoms with Crippen LogP contribution in [-0.4, -0.2) is 43.3 Å². The van der Waals surface area contributed by atoms with Gasteiger partial charge in [-0.1, -0.05) is 12.2 Å². The van der Waals surface area contributed by atoms with Gasteiger partial charge in [0.05, 0.1) is 13.2 Å². The van der Waals surface area contributed by atoms with Crippen molar-refractivity contribution in [3.8, 4) is 5.75 Å². The minimum atomic E-state index is -0.113. The Hall–Kier alpha value is -2.01. The molecule has 1 aliphatic rings. The first-order chi connectivity index (χ1) is 11.5. The molecule has 0 aromatic heterocycles. The molecule has 0 saturated carbocycles. The molecule has 0 spiro atoms. The van der Waals surface area contributed by atoms with Gasteiger partial charge in [0.2, 0.25) is 0 Å². The van der Waals surface area contributed by atoms with Crippen LogP contribution in [0.4, 0.5) is 10.5 Å². The Morgan fingerprint density at radius 2 is 2.12 bits per heavy atom. The van der Waals surface area contributed by atoms with Gasteiger partial charge in [-0.2, -0.15) is 0 Å². The van der Waals surface area contributed by atoms with Crippen LogP contribution in [0.2, 0.25) is 0 Å². The number of rotatable bonds is 6. The van der Waals surface area contributed by atoms with Crippen molar-refractivity contribution >= 4 is 11.7 Å². The lowest BCUT2D eigenvalue weighted by Crippen LogP contribution is -2.35. The Kier molecular flexibility index (Phi) is 6.67. The molecule has 0 atom stereocenters. The zero-order chi connectivity index (χ0) is 17.5. The Balaban J connectivity index is 1.97. The number of nitrogens with zero attached hydrogens (tertiary/aromatic N) is 1. The smallest absolute Gasteiger partial charge is 0.322 e. The van der Waals surface area contributed by atoms with Crippen LogP contribution in [0, 0.1) is 6.92 Å². The van der Waals surface area contributed by atoms with Crippen molar-refractivity contribution in [1.29, 1.82) is 0 Å². The predicted octanol–water partition coefficient (Wildman–Crippen LogP) is 3.98. The molecule has 2 amide bonds. The molecule has 1 aliphatic heterocycles. The first-order valence-electron chi connectivity index (χ1n) is 8.55. The van der Waals surface area contributed by atoms with Crippen LogP contribution >= 0.6 is 0 Å². The molecule has 1 heterocycles. The highest BCUT2D eigenvalue weighted by atomic mass is 16.5. The summed E-state index contributed by atoms with van der Waals surface area (Å²) in [6.07, 6.45) is 2.05. The second kappa shape index (κ2) is 8.73. The van der Waals surface area contributed by atoms with Gasteiger partial charge in [-0.05, 0) is 44.5 Å². The highest BCUT2D eigenvalue weighted by molar-refractivity contribution is 5.89. The number of likely N-dealkylation sites (N-methyl/N-ethyl adjacent to an activating group) is 1. The maximum absolute atomic E-state index is 12.3. The van der Waals surface area contributed by atoms with E-state index >= 15 is 0 Å². The van der Waals surface area contributed by atoms with E-state index in [1.165, 1.54) is 0 Å². The summed E-state index contributed by atoms with van der Waals surface area (Å²) in [7, 11) is 0. The van der Waals surface area contributed by atoms with Crippen molar-refractivity contribution in [2.24, 2.45) is 0 Å². The van der Waals surface area contributed by atoms with Gasteiger partial charge < -0.3 is 19.7 Å². The lowest BCUT2D eigenvalue weighted by atomic mass is 10.1. The topological polar surface area (TPSA) is 50.8 Å². The number of amides is 2. The van der Waals surface area contributed by atoms with E-state index < -0.39 is 0 Å². The second-order valence-electron chi connectivity index (χ2n) is 6.31. The largest absolute Gasteiger partial charge is 0.490 e. The van der Waals surface area contributed by atoms with Crippen molar-refractivity contribution in [1.82, 2.24) is 4.90 Å². The van der Waals surface area contributed by atoms with E-state index in [4.69, 9.17) is 9.47 Å². The maximum Gasteiger partial charge on any atom is 0.322 e. The molecule has 1 saturated heterocycles. The van der Waals surface area contributed by atoms with E-state index in [0.29, 0.717) is 13.1 Å². The van der Waals surface area contributed by atoms with Gasteiger partial charge in [0.15, 0.2) is 0 Å². The summed E-state index contributed by atoms with van der Waals surface area (Å²) < 4.78 is 11.4. The number of anilines is 1. The average molecular weight is 332 g/mol. The van der Waals surface area contributed by atoms with E-state index in [2.05, 4.69) is 11.9 Å².